The maximum absolute atomic E-state index is 12.6. The fourth-order valence-corrected chi connectivity index (χ4v) is 3.80. The molecule has 0 aliphatic rings. The van der Waals surface area contributed by atoms with Crippen LogP contribution in [0.4, 0.5) is 0 Å². The Bertz CT molecular complexity index is 1220. The lowest BCUT2D eigenvalue weighted by atomic mass is 10.1. The van der Waals surface area contributed by atoms with E-state index >= 15 is 0 Å². The molecule has 0 fully saturated rings. The Labute approximate surface area is 162 Å². The molecule has 1 heterocycles. The van der Waals surface area contributed by atoms with E-state index in [0.29, 0.717) is 23.3 Å². The lowest BCUT2D eigenvalue weighted by molar-refractivity contribution is 0.0733. The molecule has 1 aromatic heterocycles. The zero-order valence-electron chi connectivity index (χ0n) is 15.8. The zero-order valence-corrected chi connectivity index (χ0v) is 16.6. The number of aryl methyl sites for hydroxylation is 2. The Morgan fingerprint density at radius 2 is 1.89 bits per heavy atom. The first-order valence-electron chi connectivity index (χ1n) is 8.72. The maximum atomic E-state index is 12.6. The molecule has 0 spiro atoms. The van der Waals surface area contributed by atoms with Crippen molar-refractivity contribution in [1.29, 1.82) is 0 Å². The lowest BCUT2D eigenvalue weighted by Gasteiger charge is -2.11. The number of fused-ring (bicyclic) bond motifs is 1. The number of ether oxygens (including phenoxy) is 1. The van der Waals surface area contributed by atoms with Gasteiger partial charge in [0.25, 0.3) is 0 Å². The van der Waals surface area contributed by atoms with Gasteiger partial charge in [0.05, 0.1) is 11.3 Å². The number of esters is 1. The third-order valence-corrected chi connectivity index (χ3v) is 5.17. The standard InChI is InChI=1S/C21H20O6S/c1-4-15-10-17-13(2)8-20(22)26-19(17)11-18(15)27-21(23)16-7-5-6-14(9-16)12-28(3,24)25/h5-11H,4,12H2,1-3H3. The van der Waals surface area contributed by atoms with Crippen molar-refractivity contribution < 1.29 is 22.4 Å². The molecular formula is C21H20O6S. The molecule has 2 aromatic carbocycles. The normalized spacial score (nSPS) is 11.5. The monoisotopic (exact) mass is 400 g/mol. The van der Waals surface area contributed by atoms with E-state index in [1.54, 1.807) is 24.3 Å². The van der Waals surface area contributed by atoms with Gasteiger partial charge >= 0.3 is 11.6 Å². The number of hydrogen-bond donors (Lipinski definition) is 0. The van der Waals surface area contributed by atoms with Crippen LogP contribution < -0.4 is 10.4 Å². The fourth-order valence-electron chi connectivity index (χ4n) is 3.01. The summed E-state index contributed by atoms with van der Waals surface area (Å²) in [4.78, 5) is 24.2. The first-order chi connectivity index (χ1) is 13.2. The second-order valence-electron chi connectivity index (χ2n) is 6.72. The van der Waals surface area contributed by atoms with E-state index in [-0.39, 0.29) is 11.3 Å². The van der Waals surface area contributed by atoms with Gasteiger partial charge < -0.3 is 9.15 Å². The molecule has 0 bridgehead atoms. The van der Waals surface area contributed by atoms with Gasteiger partial charge in [0.15, 0.2) is 9.84 Å². The first kappa shape index (κ1) is 19.8. The first-order valence-corrected chi connectivity index (χ1v) is 10.8. The molecule has 7 heteroatoms. The van der Waals surface area contributed by atoms with Gasteiger partial charge in [-0.25, -0.2) is 18.0 Å². The molecule has 146 valence electrons. The van der Waals surface area contributed by atoms with Crippen molar-refractivity contribution in [3.05, 3.63) is 75.1 Å². The summed E-state index contributed by atoms with van der Waals surface area (Å²) < 4.78 is 33.7. The average molecular weight is 400 g/mol. The van der Waals surface area contributed by atoms with Crippen LogP contribution in [0.1, 0.15) is 34.0 Å². The summed E-state index contributed by atoms with van der Waals surface area (Å²) in [5.74, 6) is -0.462. The van der Waals surface area contributed by atoms with E-state index in [1.807, 2.05) is 19.9 Å². The molecule has 0 unspecified atom stereocenters. The Balaban J connectivity index is 1.97. The van der Waals surface area contributed by atoms with Crippen LogP contribution in [0.5, 0.6) is 5.75 Å². The van der Waals surface area contributed by atoms with Crippen LogP contribution in [-0.2, 0) is 22.0 Å². The lowest BCUT2D eigenvalue weighted by Crippen LogP contribution is -2.11. The zero-order chi connectivity index (χ0) is 20.5. The van der Waals surface area contributed by atoms with Gasteiger partial charge in [0.2, 0.25) is 0 Å². The molecule has 0 atom stereocenters. The van der Waals surface area contributed by atoms with E-state index in [0.717, 1.165) is 22.8 Å². The molecule has 0 saturated heterocycles. The molecule has 3 rings (SSSR count). The molecule has 0 N–H and O–H groups in total. The second-order valence-corrected chi connectivity index (χ2v) is 8.86. The minimum atomic E-state index is -3.22. The number of rotatable bonds is 5. The molecule has 28 heavy (non-hydrogen) atoms. The summed E-state index contributed by atoms with van der Waals surface area (Å²) in [5, 5.41) is 0.784. The summed E-state index contributed by atoms with van der Waals surface area (Å²) in [6.45, 7) is 3.75. The van der Waals surface area contributed by atoms with Crippen molar-refractivity contribution in [2.75, 3.05) is 6.26 Å². The Hall–Kier alpha value is -2.93. The molecule has 0 radical (unpaired) electrons. The van der Waals surface area contributed by atoms with Gasteiger partial charge in [-0.05, 0) is 48.2 Å². The summed E-state index contributed by atoms with van der Waals surface area (Å²) in [6, 6.07) is 11.1. The number of carbonyl (C=O) groups excluding carboxylic acids is 1. The average Bonchev–Trinajstić information content (AvgIpc) is 2.59. The van der Waals surface area contributed by atoms with Gasteiger partial charge in [0, 0.05) is 23.8 Å². The third-order valence-electron chi connectivity index (χ3n) is 4.31. The van der Waals surface area contributed by atoms with Crippen molar-refractivity contribution >= 4 is 26.8 Å². The highest BCUT2D eigenvalue weighted by Gasteiger charge is 2.15. The van der Waals surface area contributed by atoms with E-state index in [1.165, 1.54) is 12.1 Å². The van der Waals surface area contributed by atoms with Crippen LogP contribution in [0.3, 0.4) is 0 Å². The number of sulfone groups is 1. The quantitative estimate of drug-likeness (QED) is 0.370. The van der Waals surface area contributed by atoms with Gasteiger partial charge in [-0.3, -0.25) is 0 Å². The van der Waals surface area contributed by atoms with Crippen LogP contribution >= 0.6 is 0 Å². The van der Waals surface area contributed by atoms with E-state index < -0.39 is 21.4 Å². The predicted molar refractivity (Wildman–Crippen MR) is 107 cm³/mol. The molecule has 0 aliphatic carbocycles. The summed E-state index contributed by atoms with van der Waals surface area (Å²) in [6.07, 6.45) is 1.75. The highest BCUT2D eigenvalue weighted by molar-refractivity contribution is 7.89. The third kappa shape index (κ3) is 4.48. The molecule has 0 amide bonds. The predicted octanol–water partition coefficient (Wildman–Crippen LogP) is 3.43. The van der Waals surface area contributed by atoms with Crippen LogP contribution in [0.25, 0.3) is 11.0 Å². The molecular weight excluding hydrogens is 380 g/mol. The molecule has 3 aromatic rings. The summed E-state index contributed by atoms with van der Waals surface area (Å²) >= 11 is 0. The summed E-state index contributed by atoms with van der Waals surface area (Å²) in [7, 11) is -3.22. The van der Waals surface area contributed by atoms with Crippen molar-refractivity contribution in [2.24, 2.45) is 0 Å². The van der Waals surface area contributed by atoms with Gasteiger partial charge in [-0.1, -0.05) is 19.1 Å². The van der Waals surface area contributed by atoms with E-state index in [4.69, 9.17) is 9.15 Å². The Kier molecular flexibility index (Phi) is 5.38. The van der Waals surface area contributed by atoms with Crippen LogP contribution in [-0.4, -0.2) is 20.6 Å². The number of hydrogen-bond acceptors (Lipinski definition) is 6. The fraction of sp³-hybridized carbons (Fsp3) is 0.238. The number of carbonyl (C=O) groups is 1. The van der Waals surface area contributed by atoms with Gasteiger partial charge in [0.1, 0.15) is 11.3 Å². The second kappa shape index (κ2) is 7.59. The number of benzene rings is 2. The topological polar surface area (TPSA) is 90.7 Å². The van der Waals surface area contributed by atoms with Crippen molar-refractivity contribution in [3.8, 4) is 5.75 Å². The van der Waals surface area contributed by atoms with Crippen LogP contribution in [0.15, 0.2) is 51.7 Å². The summed E-state index contributed by atoms with van der Waals surface area (Å²) in [5.41, 5.74) is 2.20. The van der Waals surface area contributed by atoms with Crippen molar-refractivity contribution in [2.45, 2.75) is 26.0 Å². The molecule has 0 saturated carbocycles. The SMILES string of the molecule is CCc1cc2c(C)cc(=O)oc2cc1OC(=O)c1cccc(CS(C)(=O)=O)c1. The Morgan fingerprint density at radius 1 is 1.14 bits per heavy atom. The van der Waals surface area contributed by atoms with Crippen molar-refractivity contribution in [1.82, 2.24) is 0 Å². The highest BCUT2D eigenvalue weighted by Crippen LogP contribution is 2.28. The largest absolute Gasteiger partial charge is 0.423 e. The van der Waals surface area contributed by atoms with Crippen LogP contribution in [0, 0.1) is 6.92 Å². The molecule has 0 aliphatic heterocycles. The van der Waals surface area contributed by atoms with Gasteiger partial charge in [-0.2, -0.15) is 0 Å². The maximum Gasteiger partial charge on any atom is 0.343 e. The molecule has 6 nitrogen and oxygen atoms in total. The highest BCUT2D eigenvalue weighted by atomic mass is 32.2. The van der Waals surface area contributed by atoms with Crippen molar-refractivity contribution in [3.63, 3.8) is 0 Å². The minimum Gasteiger partial charge on any atom is -0.423 e. The van der Waals surface area contributed by atoms with Crippen LogP contribution in [0.2, 0.25) is 0 Å². The Morgan fingerprint density at radius 3 is 2.57 bits per heavy atom. The van der Waals surface area contributed by atoms with E-state index in [9.17, 15) is 18.0 Å². The van der Waals surface area contributed by atoms with Gasteiger partial charge in [-0.15, -0.1) is 0 Å². The van der Waals surface area contributed by atoms with E-state index in [2.05, 4.69) is 0 Å². The smallest absolute Gasteiger partial charge is 0.343 e. The minimum absolute atomic E-state index is 0.158.